The number of halogens is 1. The molecule has 0 aliphatic rings. The summed E-state index contributed by atoms with van der Waals surface area (Å²) in [4.78, 5) is 10.8. The second-order valence-corrected chi connectivity index (χ2v) is 4.58. The number of rotatable bonds is 6. The van der Waals surface area contributed by atoms with Gasteiger partial charge in [-0.25, -0.2) is 4.39 Å². The number of hydrogen-bond donors (Lipinski definition) is 2. The molecular formula is C13H18FNO3. The molecule has 4 nitrogen and oxygen atoms in total. The molecule has 0 saturated carbocycles. The summed E-state index contributed by atoms with van der Waals surface area (Å²) in [5.41, 5.74) is 5.06. The van der Waals surface area contributed by atoms with Gasteiger partial charge in [-0.05, 0) is 50.5 Å². The van der Waals surface area contributed by atoms with Crippen molar-refractivity contribution in [2.75, 3.05) is 6.61 Å². The maximum absolute atomic E-state index is 12.8. The van der Waals surface area contributed by atoms with Crippen LogP contribution in [0.3, 0.4) is 0 Å². The van der Waals surface area contributed by atoms with E-state index in [1.54, 1.807) is 13.0 Å². The third kappa shape index (κ3) is 4.00. The second-order valence-electron chi connectivity index (χ2n) is 4.58. The molecule has 1 rings (SSSR count). The molecule has 0 radical (unpaired) electrons. The van der Waals surface area contributed by atoms with Crippen LogP contribution in [0.1, 0.15) is 25.3 Å². The van der Waals surface area contributed by atoms with E-state index in [2.05, 4.69) is 0 Å². The Labute approximate surface area is 106 Å². The summed E-state index contributed by atoms with van der Waals surface area (Å²) in [5.74, 6) is -0.730. The van der Waals surface area contributed by atoms with Crippen LogP contribution in [0.15, 0.2) is 18.2 Å². The smallest absolute Gasteiger partial charge is 0.323 e. The SMILES string of the molecule is Cc1cc(F)ccc1OCCCC(C)(N)C(=O)O. The molecule has 3 N–H and O–H groups in total. The van der Waals surface area contributed by atoms with Crippen LogP contribution >= 0.6 is 0 Å². The summed E-state index contributed by atoms with van der Waals surface area (Å²) in [6.45, 7) is 3.58. The average molecular weight is 255 g/mol. The molecule has 1 atom stereocenters. The summed E-state index contributed by atoms with van der Waals surface area (Å²) in [7, 11) is 0. The van der Waals surface area contributed by atoms with E-state index in [-0.39, 0.29) is 5.82 Å². The van der Waals surface area contributed by atoms with Gasteiger partial charge in [0.05, 0.1) is 6.61 Å². The Bertz CT molecular complexity index is 432. The molecule has 0 fully saturated rings. The predicted molar refractivity (Wildman–Crippen MR) is 66.1 cm³/mol. The molecular weight excluding hydrogens is 237 g/mol. The zero-order chi connectivity index (χ0) is 13.8. The van der Waals surface area contributed by atoms with Crippen molar-refractivity contribution in [3.8, 4) is 5.75 Å². The van der Waals surface area contributed by atoms with Gasteiger partial charge in [0.25, 0.3) is 0 Å². The lowest BCUT2D eigenvalue weighted by molar-refractivity contribution is -0.142. The molecule has 0 bridgehead atoms. The third-order valence-electron chi connectivity index (χ3n) is 2.72. The van der Waals surface area contributed by atoms with Gasteiger partial charge in [0.15, 0.2) is 0 Å². The summed E-state index contributed by atoms with van der Waals surface area (Å²) >= 11 is 0. The van der Waals surface area contributed by atoms with E-state index in [9.17, 15) is 9.18 Å². The normalized spacial score (nSPS) is 14.0. The van der Waals surface area contributed by atoms with E-state index in [0.29, 0.717) is 30.8 Å². The Hall–Kier alpha value is -1.62. The van der Waals surface area contributed by atoms with Gasteiger partial charge < -0.3 is 15.6 Å². The van der Waals surface area contributed by atoms with Crippen molar-refractivity contribution in [2.45, 2.75) is 32.2 Å². The maximum Gasteiger partial charge on any atom is 0.323 e. The fraction of sp³-hybridized carbons (Fsp3) is 0.462. The minimum Gasteiger partial charge on any atom is -0.493 e. The quantitative estimate of drug-likeness (QED) is 0.763. The van der Waals surface area contributed by atoms with Crippen LogP contribution in [0.4, 0.5) is 4.39 Å². The highest BCUT2D eigenvalue weighted by Gasteiger charge is 2.26. The van der Waals surface area contributed by atoms with Gasteiger partial charge in [-0.15, -0.1) is 0 Å². The Morgan fingerprint density at radius 1 is 1.56 bits per heavy atom. The Balaban J connectivity index is 2.41. The van der Waals surface area contributed by atoms with Gasteiger partial charge in [0, 0.05) is 0 Å². The van der Waals surface area contributed by atoms with Crippen LogP contribution in [-0.4, -0.2) is 23.2 Å². The Morgan fingerprint density at radius 3 is 2.78 bits per heavy atom. The zero-order valence-electron chi connectivity index (χ0n) is 10.6. The van der Waals surface area contributed by atoms with E-state index in [0.717, 1.165) is 0 Å². The highest BCUT2D eigenvalue weighted by Crippen LogP contribution is 2.19. The number of carbonyl (C=O) groups is 1. The number of nitrogens with two attached hydrogens (primary N) is 1. The van der Waals surface area contributed by atoms with Gasteiger partial charge in [-0.3, -0.25) is 4.79 Å². The molecule has 100 valence electrons. The van der Waals surface area contributed by atoms with Crippen LogP contribution in [0, 0.1) is 12.7 Å². The Kier molecular flexibility index (Phi) is 4.67. The summed E-state index contributed by atoms with van der Waals surface area (Å²) < 4.78 is 18.3. The van der Waals surface area contributed by atoms with Crippen molar-refractivity contribution in [1.82, 2.24) is 0 Å². The minimum absolute atomic E-state index is 0.305. The summed E-state index contributed by atoms with van der Waals surface area (Å²) in [6.07, 6.45) is 0.846. The van der Waals surface area contributed by atoms with E-state index >= 15 is 0 Å². The van der Waals surface area contributed by atoms with Crippen molar-refractivity contribution >= 4 is 5.97 Å². The molecule has 0 amide bonds. The number of benzene rings is 1. The van der Waals surface area contributed by atoms with Crippen molar-refractivity contribution in [3.05, 3.63) is 29.6 Å². The first-order chi connectivity index (χ1) is 8.33. The van der Waals surface area contributed by atoms with Crippen LogP contribution in [-0.2, 0) is 4.79 Å². The van der Waals surface area contributed by atoms with E-state index in [4.69, 9.17) is 15.6 Å². The molecule has 0 aromatic heterocycles. The van der Waals surface area contributed by atoms with Gasteiger partial charge in [0.1, 0.15) is 17.1 Å². The van der Waals surface area contributed by atoms with Gasteiger partial charge >= 0.3 is 5.97 Å². The lowest BCUT2D eigenvalue weighted by atomic mass is 9.98. The van der Waals surface area contributed by atoms with E-state index < -0.39 is 11.5 Å². The fourth-order valence-electron chi connectivity index (χ4n) is 1.50. The molecule has 0 aliphatic carbocycles. The predicted octanol–water partition coefficient (Wildman–Crippen LogP) is 2.10. The Morgan fingerprint density at radius 2 is 2.22 bits per heavy atom. The van der Waals surface area contributed by atoms with E-state index in [1.807, 2.05) is 0 Å². The second kappa shape index (κ2) is 5.82. The van der Waals surface area contributed by atoms with Crippen molar-refractivity contribution in [1.29, 1.82) is 0 Å². The first-order valence-electron chi connectivity index (χ1n) is 5.74. The number of carboxylic acids is 1. The van der Waals surface area contributed by atoms with Crippen LogP contribution in [0.2, 0.25) is 0 Å². The third-order valence-corrected chi connectivity index (χ3v) is 2.72. The van der Waals surface area contributed by atoms with Gasteiger partial charge in [-0.1, -0.05) is 0 Å². The molecule has 1 aromatic rings. The molecule has 18 heavy (non-hydrogen) atoms. The molecule has 5 heteroatoms. The van der Waals surface area contributed by atoms with Crippen molar-refractivity contribution < 1.29 is 19.0 Å². The first-order valence-corrected chi connectivity index (χ1v) is 5.74. The van der Waals surface area contributed by atoms with Crippen LogP contribution < -0.4 is 10.5 Å². The lowest BCUT2D eigenvalue weighted by Crippen LogP contribution is -2.44. The van der Waals surface area contributed by atoms with Gasteiger partial charge in [-0.2, -0.15) is 0 Å². The van der Waals surface area contributed by atoms with Crippen LogP contribution in [0.25, 0.3) is 0 Å². The zero-order valence-corrected chi connectivity index (χ0v) is 10.6. The van der Waals surface area contributed by atoms with E-state index in [1.165, 1.54) is 19.1 Å². The molecule has 0 saturated heterocycles. The topological polar surface area (TPSA) is 72.5 Å². The molecule has 0 aliphatic heterocycles. The highest BCUT2D eigenvalue weighted by molar-refractivity contribution is 5.77. The number of ether oxygens (including phenoxy) is 1. The van der Waals surface area contributed by atoms with Crippen molar-refractivity contribution in [3.63, 3.8) is 0 Å². The fourth-order valence-corrected chi connectivity index (χ4v) is 1.50. The minimum atomic E-state index is -1.23. The summed E-state index contributed by atoms with van der Waals surface area (Å²) in [6, 6.07) is 4.27. The number of carboxylic acid groups (broad SMARTS) is 1. The maximum atomic E-state index is 12.8. The number of aliphatic carboxylic acids is 1. The molecule has 0 spiro atoms. The average Bonchev–Trinajstić information content (AvgIpc) is 2.26. The van der Waals surface area contributed by atoms with Gasteiger partial charge in [0.2, 0.25) is 0 Å². The highest BCUT2D eigenvalue weighted by atomic mass is 19.1. The molecule has 1 aromatic carbocycles. The molecule has 0 heterocycles. The lowest BCUT2D eigenvalue weighted by Gasteiger charge is -2.19. The van der Waals surface area contributed by atoms with Crippen LogP contribution in [0.5, 0.6) is 5.75 Å². The summed E-state index contributed by atoms with van der Waals surface area (Å²) in [5, 5.41) is 8.82. The largest absolute Gasteiger partial charge is 0.493 e. The number of hydrogen-bond acceptors (Lipinski definition) is 3. The number of aryl methyl sites for hydroxylation is 1. The standard InChI is InChI=1S/C13H18FNO3/c1-9-8-10(14)4-5-11(9)18-7-3-6-13(2,15)12(16)17/h4-5,8H,3,6-7,15H2,1-2H3,(H,16,17). The van der Waals surface area contributed by atoms with Crippen molar-refractivity contribution in [2.24, 2.45) is 5.73 Å². The first kappa shape index (κ1) is 14.4. The monoisotopic (exact) mass is 255 g/mol. The molecule has 1 unspecified atom stereocenters.